The number of hydrogen-bond acceptors (Lipinski definition) is 3. The highest BCUT2D eigenvalue weighted by atomic mass is 35.5. The summed E-state index contributed by atoms with van der Waals surface area (Å²) in [4.78, 5) is 6.34. The van der Waals surface area contributed by atoms with Crippen molar-refractivity contribution in [3.8, 4) is 0 Å². The van der Waals surface area contributed by atoms with Crippen molar-refractivity contribution >= 4 is 44.4 Å². The fourth-order valence-corrected chi connectivity index (χ4v) is 2.82. The Hall–Kier alpha value is -2.13. The minimum Gasteiger partial charge on any atom is -0.338 e. The van der Waals surface area contributed by atoms with Gasteiger partial charge in [-0.1, -0.05) is 43.2 Å². The second-order valence-electron chi connectivity index (χ2n) is 4.97. The summed E-state index contributed by atoms with van der Waals surface area (Å²) in [5.74, 6) is 0.107. The lowest BCUT2D eigenvalue weighted by Gasteiger charge is -2.40. The van der Waals surface area contributed by atoms with Gasteiger partial charge in [-0.2, -0.15) is 0 Å². The summed E-state index contributed by atoms with van der Waals surface area (Å²) < 4.78 is 63.4. The molecule has 2 aromatic carbocycles. The highest BCUT2D eigenvalue weighted by Crippen LogP contribution is 3.02. The number of rotatable bonds is 3. The Morgan fingerprint density at radius 1 is 0.792 bits per heavy atom. The first-order chi connectivity index (χ1) is 10.9. The van der Waals surface area contributed by atoms with E-state index in [1.807, 2.05) is 0 Å². The van der Waals surface area contributed by atoms with Gasteiger partial charge in [-0.3, -0.25) is 0 Å². The van der Waals surface area contributed by atoms with Crippen LogP contribution in [-0.4, -0.2) is 9.97 Å². The molecule has 0 saturated heterocycles. The van der Waals surface area contributed by atoms with Crippen LogP contribution in [0, 0.1) is 0 Å². The van der Waals surface area contributed by atoms with Crippen LogP contribution in [0.4, 0.5) is 30.9 Å². The molecular weight excluding hydrogens is 373 g/mol. The number of halogens is 6. The van der Waals surface area contributed by atoms with Gasteiger partial charge in [0.25, 0.3) is 0 Å². The van der Waals surface area contributed by atoms with Gasteiger partial charge in [-0.05, 0) is 36.4 Å². The molecule has 0 aliphatic carbocycles. The molecule has 0 radical (unpaired) electrons. The fourth-order valence-electron chi connectivity index (χ4n) is 1.99. The molecule has 0 fully saturated rings. The predicted octanol–water partition coefficient (Wildman–Crippen LogP) is 6.68. The zero-order valence-electron chi connectivity index (χ0n) is 11.7. The summed E-state index contributed by atoms with van der Waals surface area (Å²) >= 11 is 5.97. The molecule has 24 heavy (non-hydrogen) atoms. The molecule has 128 valence electrons. The van der Waals surface area contributed by atoms with Crippen LogP contribution in [0.3, 0.4) is 0 Å². The van der Waals surface area contributed by atoms with Gasteiger partial charge in [-0.25, -0.2) is 9.97 Å². The number of anilines is 2. The Kier molecular flexibility index (Phi) is 3.27. The maximum atomic E-state index is 12.7. The molecule has 1 heterocycles. The van der Waals surface area contributed by atoms with Gasteiger partial charge in [0.2, 0.25) is 0 Å². The van der Waals surface area contributed by atoms with E-state index in [-0.39, 0.29) is 16.7 Å². The minimum atomic E-state index is -9.68. The van der Waals surface area contributed by atoms with Gasteiger partial charge in [0.05, 0.1) is 11.0 Å². The van der Waals surface area contributed by atoms with Crippen molar-refractivity contribution in [3.05, 3.63) is 53.7 Å². The molecule has 1 N–H and O–H groups in total. The number of benzene rings is 2. The molecule has 3 nitrogen and oxygen atoms in total. The third-order valence-electron chi connectivity index (χ3n) is 3.09. The summed E-state index contributed by atoms with van der Waals surface area (Å²) in [7, 11) is -9.68. The lowest BCUT2D eigenvalue weighted by atomic mass is 10.3. The topological polar surface area (TPSA) is 37.8 Å². The summed E-state index contributed by atoms with van der Waals surface area (Å²) in [6, 6.07) is 9.24. The zero-order chi connectivity index (χ0) is 17.7. The van der Waals surface area contributed by atoms with Crippen LogP contribution in [0.1, 0.15) is 0 Å². The molecular formula is C14H9ClF5N3S. The van der Waals surface area contributed by atoms with E-state index in [1.165, 1.54) is 0 Å². The molecule has 0 saturated carbocycles. The largest absolute Gasteiger partial charge is 0.338 e. The maximum absolute atomic E-state index is 12.7. The molecule has 3 rings (SSSR count). The second kappa shape index (κ2) is 4.70. The lowest BCUT2D eigenvalue weighted by Crippen LogP contribution is -2.06. The second-order valence-corrected chi connectivity index (χ2v) is 7.74. The quantitative estimate of drug-likeness (QED) is 0.514. The summed E-state index contributed by atoms with van der Waals surface area (Å²) in [6.45, 7) is 0. The zero-order valence-corrected chi connectivity index (χ0v) is 13.3. The third kappa shape index (κ3) is 3.51. The number of hydrogen-bond donors (Lipinski definition) is 1. The summed E-state index contributed by atoms with van der Waals surface area (Å²) in [5, 5.41) is 2.67. The lowest BCUT2D eigenvalue weighted by molar-refractivity contribution is 0.364. The van der Waals surface area contributed by atoms with Crippen molar-refractivity contribution in [1.82, 2.24) is 9.97 Å². The Bertz CT molecular complexity index is 929. The van der Waals surface area contributed by atoms with Crippen molar-refractivity contribution in [3.63, 3.8) is 0 Å². The molecule has 0 aliphatic heterocycles. The monoisotopic (exact) mass is 381 g/mol. The van der Waals surface area contributed by atoms with E-state index in [0.29, 0.717) is 23.2 Å². The van der Waals surface area contributed by atoms with Crippen molar-refractivity contribution in [2.45, 2.75) is 4.90 Å². The van der Waals surface area contributed by atoms with Gasteiger partial charge in [0.1, 0.15) is 4.90 Å². The van der Waals surface area contributed by atoms with Crippen molar-refractivity contribution in [1.29, 1.82) is 0 Å². The average molecular weight is 382 g/mol. The van der Waals surface area contributed by atoms with E-state index in [9.17, 15) is 19.4 Å². The minimum absolute atomic E-state index is 0.00508. The van der Waals surface area contributed by atoms with Crippen molar-refractivity contribution in [2.75, 3.05) is 5.32 Å². The average Bonchev–Trinajstić information content (AvgIpc) is 2.46. The van der Waals surface area contributed by atoms with Crippen molar-refractivity contribution in [2.24, 2.45) is 0 Å². The van der Waals surface area contributed by atoms with Crippen LogP contribution in [0.25, 0.3) is 11.0 Å². The number of nitrogens with zero attached hydrogens (tertiary/aromatic N) is 2. The van der Waals surface area contributed by atoms with Crippen LogP contribution in [0.15, 0.2) is 53.4 Å². The Morgan fingerprint density at radius 3 is 1.88 bits per heavy atom. The van der Waals surface area contributed by atoms with Gasteiger partial charge in [0.15, 0.2) is 11.0 Å². The van der Waals surface area contributed by atoms with Crippen LogP contribution >= 0.6 is 21.8 Å². The molecule has 1 aromatic heterocycles. The van der Waals surface area contributed by atoms with E-state index in [0.717, 1.165) is 12.1 Å². The third-order valence-corrected chi connectivity index (χ3v) is 4.52. The molecule has 0 bridgehead atoms. The molecule has 0 aliphatic rings. The van der Waals surface area contributed by atoms with Crippen LogP contribution < -0.4 is 5.32 Å². The summed E-state index contributed by atoms with van der Waals surface area (Å²) in [6.07, 6.45) is 0. The van der Waals surface area contributed by atoms with E-state index >= 15 is 0 Å². The normalized spacial score (nSPS) is 14.9. The highest BCUT2D eigenvalue weighted by Gasteiger charge is 2.65. The van der Waals surface area contributed by atoms with Gasteiger partial charge in [-0.15, -0.1) is 0 Å². The van der Waals surface area contributed by atoms with E-state index in [1.54, 1.807) is 24.3 Å². The number of para-hydroxylation sites is 2. The Labute approximate surface area is 138 Å². The molecule has 0 unspecified atom stereocenters. The van der Waals surface area contributed by atoms with Gasteiger partial charge < -0.3 is 5.32 Å². The Morgan fingerprint density at radius 2 is 1.33 bits per heavy atom. The van der Waals surface area contributed by atoms with E-state index in [2.05, 4.69) is 15.3 Å². The molecule has 0 atom stereocenters. The van der Waals surface area contributed by atoms with Crippen LogP contribution in [0.2, 0.25) is 5.15 Å². The van der Waals surface area contributed by atoms with Gasteiger partial charge >= 0.3 is 10.2 Å². The molecule has 10 heteroatoms. The Balaban J connectivity index is 1.94. The number of fused-ring (bicyclic) bond motifs is 1. The van der Waals surface area contributed by atoms with Gasteiger partial charge in [0, 0.05) is 5.69 Å². The predicted molar refractivity (Wildman–Crippen MR) is 85.7 cm³/mol. The molecule has 3 aromatic rings. The highest BCUT2D eigenvalue weighted by molar-refractivity contribution is 8.45. The molecule has 0 spiro atoms. The standard InChI is InChI=1S/C14H9ClF5N3S/c15-13-14(23-12-4-2-1-3-11(12)22-13)21-9-5-7-10(8-6-9)24(16,17,18,19)20/h1-8H,(H,21,23). The number of nitrogens with one attached hydrogen (secondary N) is 1. The first-order valence-corrected chi connectivity index (χ1v) is 8.79. The van der Waals surface area contributed by atoms with Crippen molar-refractivity contribution < 1.29 is 19.4 Å². The van der Waals surface area contributed by atoms with Crippen LogP contribution in [-0.2, 0) is 0 Å². The van der Waals surface area contributed by atoms with E-state index < -0.39 is 15.1 Å². The molecule has 0 amide bonds. The maximum Gasteiger partial charge on any atom is 0.310 e. The SMILES string of the molecule is FS(F)(F)(F)(F)c1ccc(Nc2nc3ccccc3nc2Cl)cc1. The smallest absolute Gasteiger partial charge is 0.310 e. The first kappa shape index (κ1) is 16.7. The summed E-state index contributed by atoms with van der Waals surface area (Å²) in [5.41, 5.74) is 1.18. The van der Waals surface area contributed by atoms with E-state index in [4.69, 9.17) is 11.6 Å². The fraction of sp³-hybridized carbons (Fsp3) is 0. The number of aromatic nitrogens is 2. The first-order valence-electron chi connectivity index (χ1n) is 6.46. The van der Waals surface area contributed by atoms with Crippen LogP contribution in [0.5, 0.6) is 0 Å².